The molecule has 19 heavy (non-hydrogen) atoms. The largest absolute Gasteiger partial charge is 0.325 e. The highest BCUT2D eigenvalue weighted by Crippen LogP contribution is 2.22. The van der Waals surface area contributed by atoms with Gasteiger partial charge >= 0.3 is 0 Å². The van der Waals surface area contributed by atoms with Gasteiger partial charge in [-0.3, -0.25) is 4.79 Å². The molecule has 0 aliphatic rings. The number of hydrogen-bond acceptors (Lipinski definition) is 4. The van der Waals surface area contributed by atoms with Gasteiger partial charge in [-0.05, 0) is 24.5 Å². The van der Waals surface area contributed by atoms with Crippen LogP contribution in [-0.2, 0) is 14.8 Å². The Morgan fingerprint density at radius 3 is 2.68 bits per heavy atom. The fourth-order valence-electron chi connectivity index (χ4n) is 1.43. The van der Waals surface area contributed by atoms with Crippen molar-refractivity contribution in [3.63, 3.8) is 0 Å². The van der Waals surface area contributed by atoms with E-state index in [9.17, 15) is 17.6 Å². The molecule has 0 fully saturated rings. The van der Waals surface area contributed by atoms with Crippen molar-refractivity contribution in [2.24, 2.45) is 11.1 Å². The van der Waals surface area contributed by atoms with Gasteiger partial charge in [0.1, 0.15) is 10.7 Å². The van der Waals surface area contributed by atoms with Crippen LogP contribution in [0.15, 0.2) is 23.1 Å². The first-order chi connectivity index (χ1) is 8.75. The van der Waals surface area contributed by atoms with E-state index in [2.05, 4.69) is 5.32 Å². The Morgan fingerprint density at radius 1 is 1.53 bits per heavy atom. The number of hydrogen-bond donors (Lipinski definition) is 2. The summed E-state index contributed by atoms with van der Waals surface area (Å²) in [5.41, 5.74) is -0.138. The summed E-state index contributed by atoms with van der Waals surface area (Å²) in [4.78, 5) is 11.5. The first-order valence-electron chi connectivity index (χ1n) is 5.38. The monoisotopic (exact) mass is 306 g/mol. The Bertz CT molecular complexity index is 575. The third kappa shape index (κ3) is 4.48. The van der Waals surface area contributed by atoms with Gasteiger partial charge in [0.2, 0.25) is 15.9 Å². The normalized spacial score (nSPS) is 13.1. The van der Waals surface area contributed by atoms with E-state index in [4.69, 9.17) is 5.14 Å². The first-order valence-corrected chi connectivity index (χ1v) is 8.32. The molecule has 1 amide bonds. The summed E-state index contributed by atoms with van der Waals surface area (Å²) in [6, 6.07) is 2.93. The lowest BCUT2D eigenvalue weighted by atomic mass is 10.2. The molecular formula is C11H15FN2O3S2. The van der Waals surface area contributed by atoms with E-state index in [0.29, 0.717) is 5.75 Å². The number of primary sulfonamides is 1. The number of carbonyl (C=O) groups excluding carboxylic acids is 1. The summed E-state index contributed by atoms with van der Waals surface area (Å²) in [6.07, 6.45) is 1.85. The number of nitrogens with one attached hydrogen (secondary N) is 1. The minimum absolute atomic E-state index is 0.138. The van der Waals surface area contributed by atoms with Gasteiger partial charge < -0.3 is 5.32 Å². The molecule has 0 aromatic heterocycles. The summed E-state index contributed by atoms with van der Waals surface area (Å²) in [6.45, 7) is 1.70. The number of sulfonamides is 1. The molecule has 3 N–H and O–H groups in total. The lowest BCUT2D eigenvalue weighted by Crippen LogP contribution is -2.24. The number of nitrogens with two attached hydrogens (primary N) is 1. The van der Waals surface area contributed by atoms with Gasteiger partial charge in [-0.25, -0.2) is 17.9 Å². The lowest BCUT2D eigenvalue weighted by Gasteiger charge is -2.13. The SMILES string of the molecule is CSCC(C)C(=O)Nc1cc(F)ccc1S(N)(=O)=O. The van der Waals surface area contributed by atoms with E-state index in [1.165, 1.54) is 11.8 Å². The van der Waals surface area contributed by atoms with Crippen LogP contribution in [0.3, 0.4) is 0 Å². The van der Waals surface area contributed by atoms with Crippen molar-refractivity contribution in [1.82, 2.24) is 0 Å². The number of benzene rings is 1. The van der Waals surface area contributed by atoms with E-state index >= 15 is 0 Å². The van der Waals surface area contributed by atoms with Crippen molar-refractivity contribution in [3.8, 4) is 0 Å². The molecule has 0 saturated heterocycles. The molecule has 0 saturated carbocycles. The van der Waals surface area contributed by atoms with Crippen LogP contribution < -0.4 is 10.5 Å². The van der Waals surface area contributed by atoms with E-state index < -0.39 is 15.8 Å². The van der Waals surface area contributed by atoms with E-state index in [1.807, 2.05) is 6.26 Å². The van der Waals surface area contributed by atoms with Crippen molar-refractivity contribution >= 4 is 33.4 Å². The average molecular weight is 306 g/mol. The topological polar surface area (TPSA) is 89.3 Å². The quantitative estimate of drug-likeness (QED) is 0.860. The predicted molar refractivity (Wildman–Crippen MR) is 73.9 cm³/mol. The van der Waals surface area contributed by atoms with E-state index in [0.717, 1.165) is 18.2 Å². The molecule has 0 heterocycles. The third-order valence-electron chi connectivity index (χ3n) is 2.37. The van der Waals surface area contributed by atoms with Crippen molar-refractivity contribution < 1.29 is 17.6 Å². The molecule has 0 radical (unpaired) electrons. The molecule has 0 spiro atoms. The average Bonchev–Trinajstić information content (AvgIpc) is 2.27. The Hall–Kier alpha value is -1.12. The summed E-state index contributed by atoms with van der Waals surface area (Å²) in [5.74, 6) is -0.789. The lowest BCUT2D eigenvalue weighted by molar-refractivity contribution is -0.118. The molecule has 106 valence electrons. The maximum atomic E-state index is 13.1. The molecular weight excluding hydrogens is 291 g/mol. The molecule has 5 nitrogen and oxygen atoms in total. The highest BCUT2D eigenvalue weighted by atomic mass is 32.2. The second kappa shape index (κ2) is 6.36. The number of halogens is 1. The zero-order chi connectivity index (χ0) is 14.6. The summed E-state index contributed by atoms with van der Waals surface area (Å²) < 4.78 is 35.8. The minimum atomic E-state index is -4.02. The second-order valence-corrected chi connectivity index (χ2v) is 6.47. The van der Waals surface area contributed by atoms with Crippen molar-refractivity contribution in [2.75, 3.05) is 17.3 Å². The predicted octanol–water partition coefficient (Wildman–Crippen LogP) is 1.41. The number of carbonyl (C=O) groups is 1. The van der Waals surface area contributed by atoms with Crippen LogP contribution in [0.2, 0.25) is 0 Å². The fraction of sp³-hybridized carbons (Fsp3) is 0.364. The van der Waals surface area contributed by atoms with E-state index in [-0.39, 0.29) is 22.4 Å². The molecule has 1 unspecified atom stereocenters. The van der Waals surface area contributed by atoms with Gasteiger partial charge in [0.25, 0.3) is 0 Å². The Morgan fingerprint density at radius 2 is 2.16 bits per heavy atom. The molecule has 1 rings (SSSR count). The van der Waals surface area contributed by atoms with Gasteiger partial charge in [-0.1, -0.05) is 6.92 Å². The van der Waals surface area contributed by atoms with Crippen LogP contribution in [-0.4, -0.2) is 26.3 Å². The number of amides is 1. The summed E-state index contributed by atoms with van der Waals surface area (Å²) >= 11 is 1.48. The molecule has 1 aromatic carbocycles. The molecule has 1 aromatic rings. The molecule has 8 heteroatoms. The maximum absolute atomic E-state index is 13.1. The van der Waals surface area contributed by atoms with Crippen molar-refractivity contribution in [2.45, 2.75) is 11.8 Å². The zero-order valence-electron chi connectivity index (χ0n) is 10.5. The third-order valence-corrected chi connectivity index (χ3v) is 4.17. The molecule has 1 atom stereocenters. The van der Waals surface area contributed by atoms with Gasteiger partial charge in [-0.2, -0.15) is 11.8 Å². The van der Waals surface area contributed by atoms with E-state index in [1.54, 1.807) is 6.92 Å². The van der Waals surface area contributed by atoms with Crippen LogP contribution in [0, 0.1) is 11.7 Å². The first kappa shape index (κ1) is 15.9. The van der Waals surface area contributed by atoms with Gasteiger partial charge in [0, 0.05) is 11.7 Å². The Labute approximate surface area is 115 Å². The van der Waals surface area contributed by atoms with Crippen molar-refractivity contribution in [1.29, 1.82) is 0 Å². The van der Waals surface area contributed by atoms with Crippen molar-refractivity contribution in [3.05, 3.63) is 24.0 Å². The Kier molecular flexibility index (Phi) is 5.33. The molecule has 0 aliphatic carbocycles. The van der Waals surface area contributed by atoms with Crippen LogP contribution >= 0.6 is 11.8 Å². The number of anilines is 1. The highest BCUT2D eigenvalue weighted by Gasteiger charge is 2.19. The summed E-state index contributed by atoms with van der Waals surface area (Å²) in [7, 11) is -4.02. The van der Waals surface area contributed by atoms with Crippen LogP contribution in [0.5, 0.6) is 0 Å². The Balaban J connectivity index is 3.07. The summed E-state index contributed by atoms with van der Waals surface area (Å²) in [5, 5.41) is 7.40. The van der Waals surface area contributed by atoms with Crippen LogP contribution in [0.25, 0.3) is 0 Å². The molecule has 0 bridgehead atoms. The zero-order valence-corrected chi connectivity index (χ0v) is 12.1. The number of rotatable bonds is 5. The van der Waals surface area contributed by atoms with Crippen LogP contribution in [0.4, 0.5) is 10.1 Å². The number of thioether (sulfide) groups is 1. The van der Waals surface area contributed by atoms with Gasteiger partial charge in [0.05, 0.1) is 5.69 Å². The second-order valence-electron chi connectivity index (χ2n) is 4.03. The van der Waals surface area contributed by atoms with Gasteiger partial charge in [-0.15, -0.1) is 0 Å². The maximum Gasteiger partial charge on any atom is 0.240 e. The minimum Gasteiger partial charge on any atom is -0.325 e. The molecule has 0 aliphatic heterocycles. The highest BCUT2D eigenvalue weighted by molar-refractivity contribution is 7.98. The standard InChI is InChI=1S/C11H15FN2O3S2/c1-7(6-18-2)11(15)14-9-5-8(12)3-4-10(9)19(13,16)17/h3-5,7H,6H2,1-2H3,(H,14,15)(H2,13,16,17). The fourth-order valence-corrected chi connectivity index (χ4v) is 2.76. The van der Waals surface area contributed by atoms with Crippen LogP contribution in [0.1, 0.15) is 6.92 Å². The van der Waals surface area contributed by atoms with Gasteiger partial charge in [0.15, 0.2) is 0 Å². The smallest absolute Gasteiger partial charge is 0.240 e.